The lowest BCUT2D eigenvalue weighted by Gasteiger charge is -2.11. The summed E-state index contributed by atoms with van der Waals surface area (Å²) in [5.41, 5.74) is 2.32. The summed E-state index contributed by atoms with van der Waals surface area (Å²) in [6, 6.07) is 5.26. The van der Waals surface area contributed by atoms with Gasteiger partial charge in [0.05, 0.1) is 11.4 Å². The SMILES string of the molecule is Cc1cccc(NS(=O)(=O)c2c(C)nn(C)c2F)c1C. The van der Waals surface area contributed by atoms with Crippen molar-refractivity contribution >= 4 is 15.7 Å². The summed E-state index contributed by atoms with van der Waals surface area (Å²) in [5, 5.41) is 3.78. The van der Waals surface area contributed by atoms with E-state index in [2.05, 4.69) is 9.82 Å². The molecule has 0 bridgehead atoms. The molecule has 1 aromatic carbocycles. The Morgan fingerprint density at radius 2 is 1.90 bits per heavy atom. The maximum absolute atomic E-state index is 13.9. The summed E-state index contributed by atoms with van der Waals surface area (Å²) < 4.78 is 41.8. The minimum absolute atomic E-state index is 0.128. The number of anilines is 1. The monoisotopic (exact) mass is 297 g/mol. The smallest absolute Gasteiger partial charge is 0.268 e. The zero-order valence-electron chi connectivity index (χ0n) is 11.7. The van der Waals surface area contributed by atoms with Crippen molar-refractivity contribution in [1.29, 1.82) is 0 Å². The molecule has 1 heterocycles. The predicted octanol–water partition coefficient (Wildman–Crippen LogP) is 2.29. The first kappa shape index (κ1) is 14.5. The van der Waals surface area contributed by atoms with Gasteiger partial charge in [0.25, 0.3) is 10.0 Å². The van der Waals surface area contributed by atoms with Crippen LogP contribution in [0, 0.1) is 26.7 Å². The van der Waals surface area contributed by atoms with Gasteiger partial charge in [-0.05, 0) is 38.0 Å². The zero-order valence-corrected chi connectivity index (χ0v) is 12.5. The van der Waals surface area contributed by atoms with E-state index in [4.69, 9.17) is 0 Å². The van der Waals surface area contributed by atoms with Crippen molar-refractivity contribution in [3.63, 3.8) is 0 Å². The number of aryl methyl sites for hydroxylation is 3. The van der Waals surface area contributed by atoms with Crippen LogP contribution in [-0.2, 0) is 17.1 Å². The molecule has 2 aromatic rings. The molecule has 0 aliphatic carbocycles. The molecule has 0 atom stereocenters. The van der Waals surface area contributed by atoms with Crippen molar-refractivity contribution in [2.75, 3.05) is 4.72 Å². The molecule has 0 radical (unpaired) electrons. The maximum atomic E-state index is 13.9. The number of aromatic nitrogens is 2. The summed E-state index contributed by atoms with van der Waals surface area (Å²) in [6.45, 7) is 5.14. The van der Waals surface area contributed by atoms with Gasteiger partial charge in [-0.2, -0.15) is 9.49 Å². The standard InChI is InChI=1S/C13H16FN3O2S/c1-8-6-5-7-11(9(8)2)16-20(18,19)12-10(3)15-17(4)13(12)14/h5-7,16H,1-4H3. The van der Waals surface area contributed by atoms with Crippen LogP contribution in [-0.4, -0.2) is 18.2 Å². The lowest BCUT2D eigenvalue weighted by Crippen LogP contribution is -2.16. The fraction of sp³-hybridized carbons (Fsp3) is 0.308. The van der Waals surface area contributed by atoms with Gasteiger partial charge in [-0.1, -0.05) is 12.1 Å². The van der Waals surface area contributed by atoms with Crippen molar-refractivity contribution in [2.24, 2.45) is 7.05 Å². The Balaban J connectivity index is 2.49. The molecule has 0 aliphatic rings. The van der Waals surface area contributed by atoms with Gasteiger partial charge < -0.3 is 0 Å². The van der Waals surface area contributed by atoms with E-state index in [0.717, 1.165) is 15.8 Å². The summed E-state index contributed by atoms with van der Waals surface area (Å²) in [6.07, 6.45) is 0. The Labute approximate surface area is 117 Å². The minimum atomic E-state index is -4.00. The number of hydrogen-bond donors (Lipinski definition) is 1. The number of hydrogen-bond acceptors (Lipinski definition) is 3. The second-order valence-electron chi connectivity index (χ2n) is 4.68. The third kappa shape index (κ3) is 2.40. The summed E-state index contributed by atoms with van der Waals surface area (Å²) in [4.78, 5) is -0.416. The number of nitrogens with one attached hydrogen (secondary N) is 1. The Morgan fingerprint density at radius 1 is 1.25 bits per heavy atom. The molecule has 2 rings (SSSR count). The fourth-order valence-corrected chi connectivity index (χ4v) is 3.37. The quantitative estimate of drug-likeness (QED) is 0.945. The van der Waals surface area contributed by atoms with Gasteiger partial charge in [0.15, 0.2) is 4.90 Å². The van der Waals surface area contributed by atoms with Gasteiger partial charge in [0.2, 0.25) is 5.95 Å². The molecule has 0 saturated carbocycles. The first-order valence-electron chi connectivity index (χ1n) is 6.02. The highest BCUT2D eigenvalue weighted by Gasteiger charge is 2.27. The van der Waals surface area contributed by atoms with Crippen molar-refractivity contribution in [1.82, 2.24) is 9.78 Å². The molecule has 5 nitrogen and oxygen atoms in total. The number of rotatable bonds is 3. The van der Waals surface area contributed by atoms with E-state index in [1.807, 2.05) is 13.0 Å². The van der Waals surface area contributed by atoms with Crippen molar-refractivity contribution in [2.45, 2.75) is 25.7 Å². The molecular formula is C13H16FN3O2S. The molecular weight excluding hydrogens is 281 g/mol. The molecule has 0 amide bonds. The van der Waals surface area contributed by atoms with Gasteiger partial charge in [-0.25, -0.2) is 13.1 Å². The van der Waals surface area contributed by atoms with Gasteiger partial charge in [-0.3, -0.25) is 4.72 Å². The van der Waals surface area contributed by atoms with Crippen molar-refractivity contribution in [3.8, 4) is 0 Å². The Morgan fingerprint density at radius 3 is 2.45 bits per heavy atom. The fourth-order valence-electron chi connectivity index (χ4n) is 1.97. The Bertz CT molecular complexity index is 766. The number of benzene rings is 1. The normalized spacial score (nSPS) is 11.7. The van der Waals surface area contributed by atoms with Gasteiger partial charge in [0.1, 0.15) is 0 Å². The molecule has 0 saturated heterocycles. The molecule has 20 heavy (non-hydrogen) atoms. The predicted molar refractivity (Wildman–Crippen MR) is 74.6 cm³/mol. The lowest BCUT2D eigenvalue weighted by atomic mass is 10.1. The number of sulfonamides is 1. The van der Waals surface area contributed by atoms with Crippen LogP contribution < -0.4 is 4.72 Å². The highest BCUT2D eigenvalue weighted by molar-refractivity contribution is 7.92. The Kier molecular flexibility index (Phi) is 3.56. The van der Waals surface area contributed by atoms with Crippen LogP contribution in [0.4, 0.5) is 10.1 Å². The molecule has 1 aromatic heterocycles. The highest BCUT2D eigenvalue weighted by Crippen LogP contribution is 2.24. The first-order chi connectivity index (χ1) is 9.24. The second-order valence-corrected chi connectivity index (χ2v) is 6.30. The van der Waals surface area contributed by atoms with E-state index < -0.39 is 20.9 Å². The van der Waals surface area contributed by atoms with Crippen LogP contribution in [0.3, 0.4) is 0 Å². The average molecular weight is 297 g/mol. The van der Waals surface area contributed by atoms with E-state index in [9.17, 15) is 12.8 Å². The van der Waals surface area contributed by atoms with Crippen LogP contribution >= 0.6 is 0 Å². The zero-order chi connectivity index (χ0) is 15.1. The van der Waals surface area contributed by atoms with Crippen LogP contribution in [0.1, 0.15) is 16.8 Å². The number of halogens is 1. The Hall–Kier alpha value is -1.89. The van der Waals surface area contributed by atoms with Gasteiger partial charge >= 0.3 is 0 Å². The van der Waals surface area contributed by atoms with Crippen LogP contribution in [0.25, 0.3) is 0 Å². The highest BCUT2D eigenvalue weighted by atomic mass is 32.2. The van der Waals surface area contributed by atoms with E-state index in [1.165, 1.54) is 14.0 Å². The molecule has 7 heteroatoms. The van der Waals surface area contributed by atoms with Gasteiger partial charge in [0, 0.05) is 7.05 Å². The number of nitrogens with zero attached hydrogens (tertiary/aromatic N) is 2. The minimum Gasteiger partial charge on any atom is -0.279 e. The third-order valence-electron chi connectivity index (χ3n) is 3.22. The average Bonchev–Trinajstić information content (AvgIpc) is 2.59. The summed E-state index contributed by atoms with van der Waals surface area (Å²) in [5.74, 6) is -0.875. The molecule has 0 unspecified atom stereocenters. The van der Waals surface area contributed by atoms with E-state index >= 15 is 0 Å². The van der Waals surface area contributed by atoms with Gasteiger partial charge in [-0.15, -0.1) is 0 Å². The summed E-state index contributed by atoms with van der Waals surface area (Å²) in [7, 11) is -2.64. The molecule has 0 spiro atoms. The third-order valence-corrected chi connectivity index (χ3v) is 4.71. The second kappa shape index (κ2) is 4.90. The summed E-state index contributed by atoms with van der Waals surface area (Å²) >= 11 is 0. The topological polar surface area (TPSA) is 64.0 Å². The lowest BCUT2D eigenvalue weighted by molar-refractivity contribution is 0.483. The molecule has 1 N–H and O–H groups in total. The van der Waals surface area contributed by atoms with E-state index in [0.29, 0.717) is 5.69 Å². The maximum Gasteiger partial charge on any atom is 0.268 e. The largest absolute Gasteiger partial charge is 0.279 e. The van der Waals surface area contributed by atoms with E-state index in [1.54, 1.807) is 19.1 Å². The molecule has 0 aliphatic heterocycles. The first-order valence-corrected chi connectivity index (χ1v) is 7.50. The van der Waals surface area contributed by atoms with Crippen molar-refractivity contribution < 1.29 is 12.8 Å². The van der Waals surface area contributed by atoms with Crippen LogP contribution in [0.15, 0.2) is 23.1 Å². The van der Waals surface area contributed by atoms with E-state index in [-0.39, 0.29) is 5.69 Å². The van der Waals surface area contributed by atoms with Crippen LogP contribution in [0.5, 0.6) is 0 Å². The van der Waals surface area contributed by atoms with Crippen LogP contribution in [0.2, 0.25) is 0 Å². The molecule has 0 fully saturated rings. The molecule has 108 valence electrons. The van der Waals surface area contributed by atoms with Crippen molar-refractivity contribution in [3.05, 3.63) is 41.0 Å².